The number of nitrogens with zero attached hydrogens (tertiary/aromatic N) is 2. The third-order valence-electron chi connectivity index (χ3n) is 2.74. The first-order chi connectivity index (χ1) is 9.63. The molecule has 0 atom stereocenters. The Hall–Kier alpha value is -2.76. The molecule has 0 radical (unpaired) electrons. The molecule has 2 rings (SSSR count). The van der Waals surface area contributed by atoms with Crippen LogP contribution in [0.3, 0.4) is 0 Å². The number of hydrogen-bond acceptors (Lipinski definition) is 5. The minimum atomic E-state index is -0.512. The number of aromatic nitrogens is 2. The highest BCUT2D eigenvalue weighted by Crippen LogP contribution is 2.17. The number of anilines is 1. The number of hydrogen-bond donors (Lipinski definition) is 1. The van der Waals surface area contributed by atoms with E-state index in [2.05, 4.69) is 20.0 Å². The highest BCUT2D eigenvalue weighted by molar-refractivity contribution is 6.08. The molecule has 102 valence electrons. The molecule has 1 N–H and O–H groups in total. The van der Waals surface area contributed by atoms with Crippen LogP contribution in [0.25, 0.3) is 0 Å². The molecular formula is C14H13N3O3. The van der Waals surface area contributed by atoms with E-state index < -0.39 is 5.97 Å². The summed E-state index contributed by atoms with van der Waals surface area (Å²) in [6.07, 6.45) is 2.80. The molecule has 0 spiro atoms. The van der Waals surface area contributed by atoms with Crippen LogP contribution in [0.1, 0.15) is 26.4 Å². The minimum Gasteiger partial charge on any atom is -0.465 e. The molecule has 1 aromatic carbocycles. The van der Waals surface area contributed by atoms with E-state index in [0.717, 1.165) is 0 Å². The van der Waals surface area contributed by atoms with Gasteiger partial charge in [-0.15, -0.1) is 0 Å². The Labute approximate surface area is 115 Å². The summed E-state index contributed by atoms with van der Waals surface area (Å²) in [6, 6.07) is 6.62. The second kappa shape index (κ2) is 5.92. The summed E-state index contributed by atoms with van der Waals surface area (Å²) in [7, 11) is 1.29. The molecule has 1 amide bonds. The van der Waals surface area contributed by atoms with E-state index in [1.54, 1.807) is 31.2 Å². The van der Waals surface area contributed by atoms with Crippen LogP contribution in [0.15, 0.2) is 36.8 Å². The van der Waals surface area contributed by atoms with Crippen molar-refractivity contribution in [2.45, 2.75) is 6.92 Å². The number of ether oxygens (including phenoxy) is 1. The molecule has 20 heavy (non-hydrogen) atoms. The normalized spacial score (nSPS) is 9.90. The Kier molecular flexibility index (Phi) is 4.05. The van der Waals surface area contributed by atoms with E-state index in [0.29, 0.717) is 16.9 Å². The van der Waals surface area contributed by atoms with Gasteiger partial charge in [-0.3, -0.25) is 4.79 Å². The van der Waals surface area contributed by atoms with Gasteiger partial charge in [0.15, 0.2) is 0 Å². The number of amides is 1. The molecule has 0 bridgehead atoms. The number of rotatable bonds is 3. The average Bonchev–Trinajstić information content (AvgIpc) is 2.47. The molecule has 6 heteroatoms. The van der Waals surface area contributed by atoms with Crippen LogP contribution in [0.2, 0.25) is 0 Å². The van der Waals surface area contributed by atoms with Gasteiger partial charge in [-0.2, -0.15) is 0 Å². The fourth-order valence-corrected chi connectivity index (χ4v) is 1.68. The molecule has 6 nitrogen and oxygen atoms in total. The summed E-state index contributed by atoms with van der Waals surface area (Å²) < 4.78 is 4.67. The van der Waals surface area contributed by atoms with Crippen molar-refractivity contribution in [3.05, 3.63) is 53.6 Å². The molecule has 0 aliphatic heterocycles. The lowest BCUT2D eigenvalue weighted by molar-refractivity contribution is 0.0602. The summed E-state index contributed by atoms with van der Waals surface area (Å²) in [5.74, 6) is -0.888. The molecule has 0 unspecified atom stereocenters. The number of nitrogens with one attached hydrogen (secondary N) is 1. The van der Waals surface area contributed by atoms with Gasteiger partial charge in [0.25, 0.3) is 5.91 Å². The van der Waals surface area contributed by atoms with E-state index in [-0.39, 0.29) is 11.5 Å². The van der Waals surface area contributed by atoms with Gasteiger partial charge >= 0.3 is 5.97 Å². The van der Waals surface area contributed by atoms with E-state index in [1.165, 1.54) is 19.6 Å². The summed E-state index contributed by atoms with van der Waals surface area (Å²) in [5, 5.41) is 2.66. The first-order valence-electron chi connectivity index (χ1n) is 5.88. The maximum Gasteiger partial charge on any atom is 0.339 e. The van der Waals surface area contributed by atoms with Crippen LogP contribution in [0, 0.1) is 6.92 Å². The van der Waals surface area contributed by atoms with Gasteiger partial charge in [-0.25, -0.2) is 14.8 Å². The number of carbonyl (C=O) groups excluding carboxylic acids is 2. The lowest BCUT2D eigenvalue weighted by Gasteiger charge is -2.10. The predicted molar refractivity (Wildman–Crippen MR) is 72.5 cm³/mol. The van der Waals surface area contributed by atoms with Crippen molar-refractivity contribution in [2.24, 2.45) is 0 Å². The summed E-state index contributed by atoms with van der Waals surface area (Å²) in [6.45, 7) is 1.71. The summed E-state index contributed by atoms with van der Waals surface area (Å²) >= 11 is 0. The average molecular weight is 271 g/mol. The van der Waals surface area contributed by atoms with Crippen molar-refractivity contribution in [3.63, 3.8) is 0 Å². The maximum atomic E-state index is 12.2. The molecule has 0 fully saturated rings. The van der Waals surface area contributed by atoms with Gasteiger partial charge in [0.2, 0.25) is 0 Å². The van der Waals surface area contributed by atoms with Gasteiger partial charge in [0.1, 0.15) is 6.33 Å². The zero-order valence-electron chi connectivity index (χ0n) is 11.1. The fraction of sp³-hybridized carbons (Fsp3) is 0.143. The van der Waals surface area contributed by atoms with Crippen LogP contribution >= 0.6 is 0 Å². The van der Waals surface area contributed by atoms with Crippen molar-refractivity contribution in [3.8, 4) is 0 Å². The number of carbonyl (C=O) groups is 2. The van der Waals surface area contributed by atoms with Crippen LogP contribution in [-0.4, -0.2) is 29.0 Å². The van der Waals surface area contributed by atoms with E-state index in [1.807, 2.05) is 0 Å². The highest BCUT2D eigenvalue weighted by atomic mass is 16.5. The Morgan fingerprint density at radius 2 is 1.95 bits per heavy atom. The van der Waals surface area contributed by atoms with Gasteiger partial charge in [-0.05, 0) is 19.1 Å². The Morgan fingerprint density at radius 3 is 2.65 bits per heavy atom. The SMILES string of the molecule is COC(=O)c1ccccc1NC(=O)c1cncnc1C. The monoisotopic (exact) mass is 271 g/mol. The smallest absolute Gasteiger partial charge is 0.339 e. The predicted octanol–water partition coefficient (Wildman–Crippen LogP) is 1.82. The number of benzene rings is 1. The van der Waals surface area contributed by atoms with Crippen LogP contribution in [0.5, 0.6) is 0 Å². The van der Waals surface area contributed by atoms with E-state index in [9.17, 15) is 9.59 Å². The molecule has 0 aliphatic carbocycles. The molecule has 2 aromatic rings. The molecule has 1 aromatic heterocycles. The van der Waals surface area contributed by atoms with Crippen molar-refractivity contribution < 1.29 is 14.3 Å². The topological polar surface area (TPSA) is 81.2 Å². The Morgan fingerprint density at radius 1 is 1.20 bits per heavy atom. The maximum absolute atomic E-state index is 12.2. The third-order valence-corrected chi connectivity index (χ3v) is 2.74. The first kappa shape index (κ1) is 13.7. The number of esters is 1. The van der Waals surface area contributed by atoms with Crippen molar-refractivity contribution in [1.82, 2.24) is 9.97 Å². The van der Waals surface area contributed by atoms with Crippen molar-refractivity contribution in [2.75, 3.05) is 12.4 Å². The van der Waals surface area contributed by atoms with Gasteiger partial charge in [0.05, 0.1) is 29.6 Å². The second-order valence-electron chi connectivity index (χ2n) is 4.01. The quantitative estimate of drug-likeness (QED) is 0.861. The summed E-state index contributed by atoms with van der Waals surface area (Å²) in [5.41, 5.74) is 1.59. The fourth-order valence-electron chi connectivity index (χ4n) is 1.68. The standard InChI is InChI=1S/C14H13N3O3/c1-9-11(7-15-8-16-9)13(18)17-12-6-4-3-5-10(12)14(19)20-2/h3-8H,1-2H3,(H,17,18). The zero-order valence-corrected chi connectivity index (χ0v) is 11.1. The van der Waals surface area contributed by atoms with Gasteiger partial charge < -0.3 is 10.1 Å². The van der Waals surface area contributed by atoms with Crippen LogP contribution < -0.4 is 5.32 Å². The largest absolute Gasteiger partial charge is 0.465 e. The molecular weight excluding hydrogens is 258 g/mol. The van der Waals surface area contributed by atoms with Crippen LogP contribution in [0.4, 0.5) is 5.69 Å². The Bertz CT molecular complexity index is 656. The molecule has 1 heterocycles. The van der Waals surface area contributed by atoms with Gasteiger partial charge in [0, 0.05) is 6.20 Å². The molecule has 0 saturated heterocycles. The molecule has 0 saturated carbocycles. The third kappa shape index (κ3) is 2.80. The van der Waals surface area contributed by atoms with Crippen LogP contribution in [-0.2, 0) is 4.74 Å². The molecule has 0 aliphatic rings. The minimum absolute atomic E-state index is 0.290. The van der Waals surface area contributed by atoms with Crippen molar-refractivity contribution in [1.29, 1.82) is 0 Å². The lowest BCUT2D eigenvalue weighted by Crippen LogP contribution is -2.17. The number of methoxy groups -OCH3 is 1. The summed E-state index contributed by atoms with van der Waals surface area (Å²) in [4.78, 5) is 31.5. The zero-order chi connectivity index (χ0) is 14.5. The lowest BCUT2D eigenvalue weighted by atomic mass is 10.1. The van der Waals surface area contributed by atoms with Gasteiger partial charge in [-0.1, -0.05) is 12.1 Å². The second-order valence-corrected chi connectivity index (χ2v) is 4.01. The first-order valence-corrected chi connectivity index (χ1v) is 5.88. The van der Waals surface area contributed by atoms with E-state index >= 15 is 0 Å². The highest BCUT2D eigenvalue weighted by Gasteiger charge is 2.15. The Balaban J connectivity index is 2.29. The van der Waals surface area contributed by atoms with E-state index in [4.69, 9.17) is 0 Å². The number of aryl methyl sites for hydroxylation is 1. The van der Waals surface area contributed by atoms with Crippen molar-refractivity contribution >= 4 is 17.6 Å². The number of para-hydroxylation sites is 1.